The molecule has 1 aliphatic heterocycles. The first-order valence-corrected chi connectivity index (χ1v) is 8.18. The molecule has 1 rings (SSSR count). The molecule has 1 unspecified atom stereocenters. The minimum atomic E-state index is -2.37. The average molecular weight is 247 g/mol. The van der Waals surface area contributed by atoms with Gasteiger partial charge in [-0.2, -0.15) is 0 Å². The van der Waals surface area contributed by atoms with Crippen molar-refractivity contribution in [2.75, 3.05) is 27.3 Å². The van der Waals surface area contributed by atoms with Crippen LogP contribution < -0.4 is 5.32 Å². The van der Waals surface area contributed by atoms with E-state index in [1.807, 2.05) is 0 Å². The summed E-state index contributed by atoms with van der Waals surface area (Å²) in [6.45, 7) is 4.16. The molecule has 0 aromatic heterocycles. The lowest BCUT2D eigenvalue weighted by atomic mass is 10.1. The van der Waals surface area contributed by atoms with Crippen molar-refractivity contribution >= 4 is 8.80 Å². The molecule has 1 atom stereocenters. The second kappa shape index (κ2) is 7.40. The maximum Gasteiger partial charge on any atom is 0.500 e. The lowest BCUT2D eigenvalue weighted by Gasteiger charge is -2.33. The van der Waals surface area contributed by atoms with Crippen LogP contribution in [0.15, 0.2) is 0 Å². The second-order valence-electron chi connectivity index (χ2n) is 4.28. The standard InChI is InChI=1S/C11H25NO3Si/c1-4-5-7-11-10-12-8-6-9-16(13-2,14-3)15-11/h11-12H,4-10H2,1-3H3. The van der Waals surface area contributed by atoms with Gasteiger partial charge in [0.15, 0.2) is 0 Å². The third-order valence-electron chi connectivity index (χ3n) is 3.06. The van der Waals surface area contributed by atoms with E-state index in [1.54, 1.807) is 14.2 Å². The van der Waals surface area contributed by atoms with E-state index in [0.29, 0.717) is 0 Å². The van der Waals surface area contributed by atoms with Crippen LogP contribution in [-0.4, -0.2) is 42.2 Å². The summed E-state index contributed by atoms with van der Waals surface area (Å²) in [6.07, 6.45) is 4.80. The highest BCUT2D eigenvalue weighted by atomic mass is 28.4. The van der Waals surface area contributed by atoms with Gasteiger partial charge in [0.1, 0.15) is 0 Å². The molecule has 1 saturated heterocycles. The van der Waals surface area contributed by atoms with Gasteiger partial charge < -0.3 is 18.6 Å². The van der Waals surface area contributed by atoms with Gasteiger partial charge in [0.05, 0.1) is 6.10 Å². The lowest BCUT2D eigenvalue weighted by Crippen LogP contribution is -2.51. The van der Waals surface area contributed by atoms with Crippen molar-refractivity contribution in [3.05, 3.63) is 0 Å². The van der Waals surface area contributed by atoms with E-state index in [0.717, 1.165) is 32.0 Å². The first kappa shape index (κ1) is 14.1. The number of rotatable bonds is 5. The highest BCUT2D eigenvalue weighted by molar-refractivity contribution is 6.60. The SMILES string of the molecule is CCCCC1CNCCC[Si](OC)(OC)O1. The topological polar surface area (TPSA) is 39.7 Å². The first-order chi connectivity index (χ1) is 7.76. The largest absolute Gasteiger partial charge is 0.500 e. The molecular weight excluding hydrogens is 222 g/mol. The van der Waals surface area contributed by atoms with Crippen molar-refractivity contribution in [2.45, 2.75) is 44.8 Å². The zero-order valence-electron chi connectivity index (χ0n) is 10.8. The Morgan fingerprint density at radius 3 is 2.75 bits per heavy atom. The Kier molecular flexibility index (Phi) is 6.53. The lowest BCUT2D eigenvalue weighted by molar-refractivity contribution is 0.0455. The van der Waals surface area contributed by atoms with Gasteiger partial charge in [-0.1, -0.05) is 19.8 Å². The number of hydrogen-bond donors (Lipinski definition) is 1. The highest BCUT2D eigenvalue weighted by Crippen LogP contribution is 2.21. The van der Waals surface area contributed by atoms with Gasteiger partial charge in [0.2, 0.25) is 0 Å². The molecule has 5 heteroatoms. The zero-order valence-corrected chi connectivity index (χ0v) is 11.8. The van der Waals surface area contributed by atoms with Crippen LogP contribution in [0.3, 0.4) is 0 Å². The molecule has 0 saturated carbocycles. The van der Waals surface area contributed by atoms with Crippen LogP contribution in [0.4, 0.5) is 0 Å². The van der Waals surface area contributed by atoms with E-state index >= 15 is 0 Å². The summed E-state index contributed by atoms with van der Waals surface area (Å²) >= 11 is 0. The highest BCUT2D eigenvalue weighted by Gasteiger charge is 2.41. The van der Waals surface area contributed by atoms with Crippen LogP contribution >= 0.6 is 0 Å². The monoisotopic (exact) mass is 247 g/mol. The van der Waals surface area contributed by atoms with E-state index in [4.69, 9.17) is 13.3 Å². The van der Waals surface area contributed by atoms with E-state index in [9.17, 15) is 0 Å². The molecule has 0 radical (unpaired) electrons. The fourth-order valence-corrected chi connectivity index (χ4v) is 4.23. The van der Waals surface area contributed by atoms with Crippen LogP contribution in [0.2, 0.25) is 6.04 Å². The summed E-state index contributed by atoms with van der Waals surface area (Å²) in [6, 6.07) is 0.912. The third kappa shape index (κ3) is 4.14. The molecule has 16 heavy (non-hydrogen) atoms. The van der Waals surface area contributed by atoms with Crippen LogP contribution in [-0.2, 0) is 13.3 Å². The molecule has 0 aromatic carbocycles. The normalized spacial score (nSPS) is 26.1. The van der Waals surface area contributed by atoms with Crippen molar-refractivity contribution in [3.63, 3.8) is 0 Å². The molecule has 1 heterocycles. The summed E-state index contributed by atoms with van der Waals surface area (Å²) in [5, 5.41) is 3.42. The molecular formula is C11H25NO3Si. The van der Waals surface area contributed by atoms with Gasteiger partial charge in [-0.25, -0.2) is 0 Å². The number of nitrogens with one attached hydrogen (secondary N) is 1. The Hall–Kier alpha value is 0.0569. The molecule has 96 valence electrons. The smallest absolute Gasteiger partial charge is 0.377 e. The zero-order chi connectivity index (χ0) is 11.9. The molecule has 0 amide bonds. The van der Waals surface area contributed by atoms with E-state index in [2.05, 4.69) is 12.2 Å². The van der Waals surface area contributed by atoms with Crippen molar-refractivity contribution in [1.29, 1.82) is 0 Å². The van der Waals surface area contributed by atoms with Gasteiger partial charge in [-0.15, -0.1) is 0 Å². The van der Waals surface area contributed by atoms with Crippen molar-refractivity contribution in [3.8, 4) is 0 Å². The fraction of sp³-hybridized carbons (Fsp3) is 1.00. The maximum atomic E-state index is 6.11. The minimum Gasteiger partial charge on any atom is -0.377 e. The van der Waals surface area contributed by atoms with Gasteiger partial charge in [-0.05, 0) is 19.4 Å². The number of unbranched alkanes of at least 4 members (excludes halogenated alkanes) is 1. The van der Waals surface area contributed by atoms with Crippen LogP contribution in [0.5, 0.6) is 0 Å². The summed E-state index contributed by atoms with van der Waals surface area (Å²) in [4.78, 5) is 0. The van der Waals surface area contributed by atoms with E-state index in [1.165, 1.54) is 12.8 Å². The van der Waals surface area contributed by atoms with Crippen LogP contribution in [0.25, 0.3) is 0 Å². The molecule has 0 aromatic rings. The van der Waals surface area contributed by atoms with Crippen molar-refractivity contribution < 1.29 is 13.3 Å². The molecule has 0 aliphatic carbocycles. The first-order valence-electron chi connectivity index (χ1n) is 6.25. The molecule has 4 nitrogen and oxygen atoms in total. The Balaban J connectivity index is 2.55. The van der Waals surface area contributed by atoms with Gasteiger partial charge in [0.25, 0.3) is 0 Å². The summed E-state index contributed by atoms with van der Waals surface area (Å²) in [5.41, 5.74) is 0. The fourth-order valence-electron chi connectivity index (χ4n) is 2.02. The predicted octanol–water partition coefficient (Wildman–Crippen LogP) is 1.79. The average Bonchev–Trinajstić information content (AvgIpc) is 2.29. The van der Waals surface area contributed by atoms with E-state index < -0.39 is 8.80 Å². The third-order valence-corrected chi connectivity index (χ3v) is 5.96. The van der Waals surface area contributed by atoms with Crippen molar-refractivity contribution in [2.24, 2.45) is 0 Å². The van der Waals surface area contributed by atoms with Crippen LogP contribution in [0.1, 0.15) is 32.6 Å². The summed E-state index contributed by atoms with van der Waals surface area (Å²) in [5.74, 6) is 0. The quantitative estimate of drug-likeness (QED) is 0.752. The van der Waals surface area contributed by atoms with Crippen LogP contribution in [0, 0.1) is 0 Å². The van der Waals surface area contributed by atoms with Gasteiger partial charge in [-0.3, -0.25) is 0 Å². The Labute approximate surface area is 100 Å². The Morgan fingerprint density at radius 1 is 1.38 bits per heavy atom. The maximum absolute atomic E-state index is 6.11. The van der Waals surface area contributed by atoms with Crippen molar-refractivity contribution in [1.82, 2.24) is 5.32 Å². The number of hydrogen-bond acceptors (Lipinski definition) is 4. The van der Waals surface area contributed by atoms with Gasteiger partial charge >= 0.3 is 8.80 Å². The summed E-state index contributed by atoms with van der Waals surface area (Å²) < 4.78 is 17.2. The Morgan fingerprint density at radius 2 is 2.12 bits per heavy atom. The Bertz CT molecular complexity index is 186. The second-order valence-corrected chi connectivity index (χ2v) is 7.20. The molecule has 1 aliphatic rings. The summed E-state index contributed by atoms with van der Waals surface area (Å²) in [7, 11) is 1.05. The molecule has 1 N–H and O–H groups in total. The minimum absolute atomic E-state index is 0.242. The molecule has 0 spiro atoms. The molecule has 1 fully saturated rings. The van der Waals surface area contributed by atoms with E-state index in [-0.39, 0.29) is 6.10 Å². The predicted molar refractivity (Wildman–Crippen MR) is 66.5 cm³/mol. The molecule has 0 bridgehead atoms. The van der Waals surface area contributed by atoms with Gasteiger partial charge in [0, 0.05) is 26.8 Å².